The van der Waals surface area contributed by atoms with Gasteiger partial charge in [-0.15, -0.1) is 0 Å². The zero-order valence-electron chi connectivity index (χ0n) is 21.8. The van der Waals surface area contributed by atoms with E-state index in [1.807, 2.05) is 85.1 Å². The molecular weight excluding hydrogens is 508 g/mol. The van der Waals surface area contributed by atoms with Gasteiger partial charge < -0.3 is 9.88 Å². The van der Waals surface area contributed by atoms with E-state index in [1.165, 1.54) is 9.80 Å². The number of rotatable bonds is 7. The fourth-order valence-electron chi connectivity index (χ4n) is 4.67. The van der Waals surface area contributed by atoms with E-state index < -0.39 is 11.8 Å². The molecule has 39 heavy (non-hydrogen) atoms. The third kappa shape index (κ3) is 5.24. The van der Waals surface area contributed by atoms with Gasteiger partial charge in [0.1, 0.15) is 12.1 Å². The molecule has 0 atom stereocenters. The summed E-state index contributed by atoms with van der Waals surface area (Å²) in [6.07, 6.45) is 4.10. The number of benzene rings is 3. The van der Waals surface area contributed by atoms with Crippen molar-refractivity contribution in [3.8, 4) is 0 Å². The summed E-state index contributed by atoms with van der Waals surface area (Å²) >= 11 is 5.59. The minimum Gasteiger partial charge on any atom is -0.337 e. The Bertz CT molecular complexity index is 1610. The van der Waals surface area contributed by atoms with E-state index in [0.29, 0.717) is 24.2 Å². The lowest BCUT2D eigenvalue weighted by Gasteiger charge is -2.36. The summed E-state index contributed by atoms with van der Waals surface area (Å²) < 4.78 is 1.83. The van der Waals surface area contributed by atoms with Crippen LogP contribution in [0.2, 0.25) is 0 Å². The number of hydrogen-bond acceptors (Lipinski definition) is 4. The zero-order valence-corrected chi connectivity index (χ0v) is 22.6. The Labute approximate surface area is 232 Å². The molecule has 8 heteroatoms. The molecule has 5 rings (SSSR count). The predicted molar refractivity (Wildman–Crippen MR) is 158 cm³/mol. The third-order valence-corrected chi connectivity index (χ3v) is 6.96. The molecule has 1 aliphatic heterocycles. The van der Waals surface area contributed by atoms with Gasteiger partial charge in [-0.25, -0.2) is 0 Å². The van der Waals surface area contributed by atoms with Crippen molar-refractivity contribution < 1.29 is 14.4 Å². The van der Waals surface area contributed by atoms with Crippen LogP contribution in [0.15, 0.2) is 90.6 Å². The number of carbonyl (C=O) groups is 3. The molecule has 1 fully saturated rings. The van der Waals surface area contributed by atoms with Gasteiger partial charge in [-0.2, -0.15) is 0 Å². The molecule has 4 aromatic rings. The van der Waals surface area contributed by atoms with Crippen LogP contribution in [0.4, 0.5) is 11.4 Å². The Balaban J connectivity index is 1.52. The average molecular weight is 537 g/mol. The average Bonchev–Trinajstić information content (AvgIpc) is 3.28. The standard InChI is InChI=1S/C31H28N4O3S/c1-3-17-34-29(37)26(30(38)35(31(34)39)24-9-5-4-6-10-24)18-22-19-33(27-12-8-7-11-25(22)27)20-28(36)32-23-15-13-21(2)14-16-23/h4-16,18-19H,3,17,20H2,1-2H3,(H,32,36)/b26-18+. The normalized spacial score (nSPS) is 14.9. The number of hydrogen-bond donors (Lipinski definition) is 1. The number of thiocarbonyl (C=S) groups is 1. The first-order valence-corrected chi connectivity index (χ1v) is 13.2. The van der Waals surface area contributed by atoms with Gasteiger partial charge in [-0.05, 0) is 62.0 Å². The number of amides is 3. The fraction of sp³-hybridized carbons (Fsp3) is 0.161. The Morgan fingerprint density at radius 1 is 0.923 bits per heavy atom. The molecule has 3 amide bonds. The van der Waals surface area contributed by atoms with Crippen molar-refractivity contribution in [1.29, 1.82) is 0 Å². The van der Waals surface area contributed by atoms with Crippen LogP contribution in [-0.4, -0.2) is 38.8 Å². The SMILES string of the molecule is CCCN1C(=O)/C(=C\c2cn(CC(=O)Nc3ccc(C)cc3)c3ccccc23)C(=O)N(c2ccccc2)C1=S. The summed E-state index contributed by atoms with van der Waals surface area (Å²) in [5.74, 6) is -1.08. The highest BCUT2D eigenvalue weighted by Crippen LogP contribution is 2.29. The number of carbonyl (C=O) groups excluding carboxylic acids is 3. The van der Waals surface area contributed by atoms with E-state index in [0.717, 1.165) is 22.2 Å². The van der Waals surface area contributed by atoms with Gasteiger partial charge in [0.2, 0.25) is 5.91 Å². The van der Waals surface area contributed by atoms with Gasteiger partial charge in [0, 0.05) is 34.9 Å². The molecule has 1 aromatic heterocycles. The number of nitrogens with zero attached hydrogens (tertiary/aromatic N) is 3. The Morgan fingerprint density at radius 3 is 2.33 bits per heavy atom. The highest BCUT2D eigenvalue weighted by Gasteiger charge is 2.40. The Kier molecular flexibility index (Phi) is 7.38. The van der Waals surface area contributed by atoms with Gasteiger partial charge in [-0.3, -0.25) is 24.2 Å². The Morgan fingerprint density at radius 2 is 1.62 bits per heavy atom. The van der Waals surface area contributed by atoms with Gasteiger partial charge >= 0.3 is 0 Å². The summed E-state index contributed by atoms with van der Waals surface area (Å²) in [5.41, 5.74) is 3.94. The number of nitrogens with one attached hydrogen (secondary N) is 1. The third-order valence-electron chi connectivity index (χ3n) is 6.56. The smallest absolute Gasteiger partial charge is 0.270 e. The maximum absolute atomic E-state index is 13.7. The first kappa shape index (κ1) is 26.1. The van der Waals surface area contributed by atoms with E-state index in [2.05, 4.69) is 5.32 Å². The van der Waals surface area contributed by atoms with E-state index in [-0.39, 0.29) is 23.1 Å². The molecule has 0 spiro atoms. The van der Waals surface area contributed by atoms with E-state index in [1.54, 1.807) is 24.4 Å². The van der Waals surface area contributed by atoms with Crippen LogP contribution >= 0.6 is 12.2 Å². The lowest BCUT2D eigenvalue weighted by Crippen LogP contribution is -2.56. The maximum Gasteiger partial charge on any atom is 0.270 e. The van der Waals surface area contributed by atoms with Gasteiger partial charge in [0.15, 0.2) is 5.11 Å². The first-order valence-electron chi connectivity index (χ1n) is 12.8. The monoisotopic (exact) mass is 536 g/mol. The second-order valence-corrected chi connectivity index (χ2v) is 9.78. The molecule has 0 aliphatic carbocycles. The lowest BCUT2D eigenvalue weighted by atomic mass is 10.0. The minimum absolute atomic E-state index is 0.0212. The predicted octanol–water partition coefficient (Wildman–Crippen LogP) is 5.54. The van der Waals surface area contributed by atoms with Crippen molar-refractivity contribution in [1.82, 2.24) is 9.47 Å². The second-order valence-electron chi connectivity index (χ2n) is 9.42. The Hall–Kier alpha value is -4.56. The van der Waals surface area contributed by atoms with Crippen LogP contribution in [0.1, 0.15) is 24.5 Å². The summed E-state index contributed by atoms with van der Waals surface area (Å²) in [6, 6.07) is 24.3. The summed E-state index contributed by atoms with van der Waals surface area (Å²) in [5, 5.41) is 3.93. The zero-order chi connectivity index (χ0) is 27.5. The molecule has 1 N–H and O–H groups in total. The molecule has 0 bridgehead atoms. The van der Waals surface area contributed by atoms with Crippen LogP contribution in [0.5, 0.6) is 0 Å². The minimum atomic E-state index is -0.475. The van der Waals surface area contributed by atoms with Crippen molar-refractivity contribution in [3.63, 3.8) is 0 Å². The van der Waals surface area contributed by atoms with E-state index in [4.69, 9.17) is 12.2 Å². The van der Waals surface area contributed by atoms with Gasteiger partial charge in [0.25, 0.3) is 11.8 Å². The van der Waals surface area contributed by atoms with Crippen LogP contribution in [0.3, 0.4) is 0 Å². The quantitative estimate of drug-likeness (QED) is 0.191. The number of aromatic nitrogens is 1. The van der Waals surface area contributed by atoms with Crippen molar-refractivity contribution in [2.45, 2.75) is 26.8 Å². The molecule has 0 saturated carbocycles. The summed E-state index contributed by atoms with van der Waals surface area (Å²) in [7, 11) is 0. The second kappa shape index (κ2) is 11.0. The maximum atomic E-state index is 13.7. The molecule has 2 heterocycles. The van der Waals surface area contributed by atoms with Crippen molar-refractivity contribution in [3.05, 3.63) is 102 Å². The van der Waals surface area contributed by atoms with Crippen LogP contribution in [0.25, 0.3) is 17.0 Å². The number of fused-ring (bicyclic) bond motifs is 1. The van der Waals surface area contributed by atoms with Crippen LogP contribution in [-0.2, 0) is 20.9 Å². The highest BCUT2D eigenvalue weighted by molar-refractivity contribution is 7.80. The number of para-hydroxylation sites is 2. The molecule has 1 aliphatic rings. The summed E-state index contributed by atoms with van der Waals surface area (Å²) in [4.78, 5) is 43.0. The number of aryl methyl sites for hydroxylation is 1. The topological polar surface area (TPSA) is 74.6 Å². The van der Waals surface area contributed by atoms with E-state index >= 15 is 0 Å². The molecular formula is C31H28N4O3S. The van der Waals surface area contributed by atoms with Crippen molar-refractivity contribution in [2.75, 3.05) is 16.8 Å². The molecule has 7 nitrogen and oxygen atoms in total. The molecule has 196 valence electrons. The largest absolute Gasteiger partial charge is 0.337 e. The molecule has 0 unspecified atom stereocenters. The van der Waals surface area contributed by atoms with Crippen LogP contribution in [0, 0.1) is 6.92 Å². The van der Waals surface area contributed by atoms with Gasteiger partial charge in [0.05, 0.1) is 5.69 Å². The van der Waals surface area contributed by atoms with Crippen molar-refractivity contribution >= 4 is 63.4 Å². The fourth-order valence-corrected chi connectivity index (χ4v) is 5.03. The number of anilines is 2. The van der Waals surface area contributed by atoms with Crippen LogP contribution < -0.4 is 10.2 Å². The highest BCUT2D eigenvalue weighted by atomic mass is 32.1. The first-order chi connectivity index (χ1) is 18.9. The van der Waals surface area contributed by atoms with Crippen molar-refractivity contribution in [2.24, 2.45) is 0 Å². The molecule has 0 radical (unpaired) electrons. The summed E-state index contributed by atoms with van der Waals surface area (Å²) in [6.45, 7) is 4.41. The molecule has 3 aromatic carbocycles. The lowest BCUT2D eigenvalue weighted by molar-refractivity contribution is -0.128. The van der Waals surface area contributed by atoms with Gasteiger partial charge in [-0.1, -0.05) is 61.0 Å². The molecule has 1 saturated heterocycles. The van der Waals surface area contributed by atoms with E-state index in [9.17, 15) is 14.4 Å².